The third-order valence-corrected chi connectivity index (χ3v) is 5.02. The van der Waals surface area contributed by atoms with Crippen molar-refractivity contribution in [1.82, 2.24) is 0 Å². The molecule has 0 amide bonds. The molecule has 1 fully saturated rings. The van der Waals surface area contributed by atoms with E-state index in [1.54, 1.807) is 19.2 Å². The number of nitrogens with zero attached hydrogens (tertiary/aromatic N) is 2. The highest BCUT2D eigenvalue weighted by molar-refractivity contribution is 5.95. The molecule has 1 aromatic carbocycles. The number of nitrogens with two attached hydrogens (primary N) is 1. The predicted octanol–water partition coefficient (Wildman–Crippen LogP) is -0.790. The van der Waals surface area contributed by atoms with Crippen LogP contribution in [0.25, 0.3) is 0 Å². The van der Waals surface area contributed by atoms with Crippen LogP contribution in [0.4, 0.5) is 0 Å². The molecule has 1 aliphatic carbocycles. The molecule has 0 saturated heterocycles. The molecule has 7 nitrogen and oxygen atoms in total. The molecule has 3 N–H and O–H groups in total. The number of hydrogen-bond donors (Lipinski definition) is 2. The number of methoxy groups -OCH3 is 3. The molecule has 3 rings (SSSR count). The first-order valence-electron chi connectivity index (χ1n) is 7.01. The lowest BCUT2D eigenvalue weighted by molar-refractivity contribution is -0.687. The van der Waals surface area contributed by atoms with E-state index < -0.39 is 22.7 Å². The molecule has 0 bridgehead atoms. The zero-order valence-corrected chi connectivity index (χ0v) is 13.1. The van der Waals surface area contributed by atoms with Crippen LogP contribution in [-0.4, -0.2) is 33.1 Å². The Morgan fingerprint density at radius 1 is 1.09 bits per heavy atom. The van der Waals surface area contributed by atoms with E-state index in [0.717, 1.165) is 5.56 Å². The number of hydrogen-bond acceptors (Lipinski definition) is 6. The summed E-state index contributed by atoms with van der Waals surface area (Å²) in [6.07, 6.45) is 0. The maximum atomic E-state index is 9.92. The smallest absolute Gasteiger partial charge is 0.342 e. The van der Waals surface area contributed by atoms with E-state index in [1.165, 1.54) is 14.2 Å². The van der Waals surface area contributed by atoms with Gasteiger partial charge >= 0.3 is 5.91 Å². The monoisotopic (exact) mass is 313 g/mol. The number of benzene rings is 1. The first-order valence-corrected chi connectivity index (χ1v) is 7.01. The van der Waals surface area contributed by atoms with Gasteiger partial charge in [0, 0.05) is 20.1 Å². The lowest BCUT2D eigenvalue weighted by Crippen LogP contribution is -2.90. The molecule has 1 aromatic rings. The van der Waals surface area contributed by atoms with Crippen molar-refractivity contribution in [3.05, 3.63) is 29.8 Å². The van der Waals surface area contributed by atoms with Crippen molar-refractivity contribution in [3.8, 4) is 17.9 Å². The minimum atomic E-state index is -1.47. The molecular formula is C16H17N4O3+. The van der Waals surface area contributed by atoms with Gasteiger partial charge in [0.25, 0.3) is 5.84 Å². The Morgan fingerprint density at radius 2 is 1.70 bits per heavy atom. The number of amidine groups is 1. The fourth-order valence-corrected chi connectivity index (χ4v) is 3.91. The van der Waals surface area contributed by atoms with Crippen molar-refractivity contribution < 1.29 is 19.2 Å². The van der Waals surface area contributed by atoms with Crippen molar-refractivity contribution in [2.75, 3.05) is 21.3 Å². The van der Waals surface area contributed by atoms with Crippen LogP contribution >= 0.6 is 0 Å². The Bertz CT molecular complexity index is 757. The highest BCUT2D eigenvalue weighted by Gasteiger charge is 2.96. The summed E-state index contributed by atoms with van der Waals surface area (Å²) < 4.78 is 16.1. The van der Waals surface area contributed by atoms with Crippen LogP contribution < -0.4 is 15.5 Å². The Kier molecular flexibility index (Phi) is 3.12. The van der Waals surface area contributed by atoms with E-state index in [2.05, 4.69) is 17.1 Å². The van der Waals surface area contributed by atoms with Crippen LogP contribution in [0.3, 0.4) is 0 Å². The minimum absolute atomic E-state index is 0.186. The van der Waals surface area contributed by atoms with Crippen LogP contribution in [0.2, 0.25) is 0 Å². The standard InChI is InChI=1S/C16H16N4O3/c1-21-11-6-4-10(5-7-11)12-14(8-17)13(19)20-16(22-2,23-3)15(12,14)9-18/h4-7,12H,1-3H3,(H2,19,20)/p+1. The molecule has 2 aliphatic rings. The lowest BCUT2D eigenvalue weighted by atomic mass is 9.93. The fourth-order valence-electron chi connectivity index (χ4n) is 3.91. The SMILES string of the molecule is COc1ccc(C2C3(C#N)C(N)=[NH+]C(OC)(OC)C23C#N)cc1. The molecule has 1 aliphatic heterocycles. The van der Waals surface area contributed by atoms with Gasteiger partial charge in [0.1, 0.15) is 5.75 Å². The maximum Gasteiger partial charge on any atom is 0.342 e. The van der Waals surface area contributed by atoms with Crippen LogP contribution in [0.15, 0.2) is 24.3 Å². The number of ether oxygens (including phenoxy) is 3. The third-order valence-electron chi connectivity index (χ3n) is 5.02. The van der Waals surface area contributed by atoms with E-state index in [0.29, 0.717) is 5.75 Å². The zero-order chi connectivity index (χ0) is 16.9. The summed E-state index contributed by atoms with van der Waals surface area (Å²) in [4.78, 5) is 2.85. The highest BCUT2D eigenvalue weighted by Crippen LogP contribution is 2.78. The first kappa shape index (κ1) is 15.3. The molecule has 3 atom stereocenters. The van der Waals surface area contributed by atoms with E-state index in [1.807, 2.05) is 12.1 Å². The quantitative estimate of drug-likeness (QED) is 0.704. The number of nitrogens with one attached hydrogen (secondary N) is 1. The second kappa shape index (κ2) is 4.69. The summed E-state index contributed by atoms with van der Waals surface area (Å²) in [5.74, 6) is -1.05. The molecule has 1 heterocycles. The topological polar surface area (TPSA) is 115 Å². The number of fused-ring (bicyclic) bond motifs is 1. The van der Waals surface area contributed by atoms with Gasteiger partial charge in [-0.25, -0.2) is 4.99 Å². The first-order chi connectivity index (χ1) is 11.0. The van der Waals surface area contributed by atoms with E-state index >= 15 is 0 Å². The molecular weight excluding hydrogens is 296 g/mol. The Labute approximate surface area is 133 Å². The van der Waals surface area contributed by atoms with Crippen molar-refractivity contribution in [1.29, 1.82) is 10.5 Å². The van der Waals surface area contributed by atoms with Gasteiger partial charge in [0.2, 0.25) is 0 Å². The number of nitriles is 2. The van der Waals surface area contributed by atoms with Crippen LogP contribution in [0, 0.1) is 33.5 Å². The fraction of sp³-hybridized carbons (Fsp3) is 0.438. The van der Waals surface area contributed by atoms with E-state index in [9.17, 15) is 10.5 Å². The average Bonchev–Trinajstić information content (AvgIpc) is 3.17. The van der Waals surface area contributed by atoms with Gasteiger partial charge in [-0.1, -0.05) is 12.1 Å². The van der Waals surface area contributed by atoms with Gasteiger partial charge in [-0.15, -0.1) is 0 Å². The normalized spacial score (nSPS) is 33.1. The highest BCUT2D eigenvalue weighted by atomic mass is 16.7. The van der Waals surface area contributed by atoms with Gasteiger partial charge in [0.15, 0.2) is 10.8 Å². The molecule has 0 radical (unpaired) electrons. The summed E-state index contributed by atoms with van der Waals surface area (Å²) in [5, 5.41) is 19.7. The predicted molar refractivity (Wildman–Crippen MR) is 78.7 cm³/mol. The molecule has 7 heteroatoms. The van der Waals surface area contributed by atoms with Gasteiger partial charge < -0.3 is 14.2 Å². The maximum absolute atomic E-state index is 9.92. The minimum Gasteiger partial charge on any atom is -0.497 e. The number of rotatable bonds is 4. The third kappa shape index (κ3) is 1.41. The molecule has 0 aromatic heterocycles. The van der Waals surface area contributed by atoms with Crippen LogP contribution in [0.1, 0.15) is 11.5 Å². The summed E-state index contributed by atoms with van der Waals surface area (Å²) in [6.45, 7) is 0. The average molecular weight is 313 g/mol. The molecule has 118 valence electrons. The molecule has 0 spiro atoms. The summed E-state index contributed by atoms with van der Waals surface area (Å²) >= 11 is 0. The van der Waals surface area contributed by atoms with Crippen molar-refractivity contribution in [3.63, 3.8) is 0 Å². The summed E-state index contributed by atoms with van der Waals surface area (Å²) in [6, 6.07) is 11.7. The van der Waals surface area contributed by atoms with Crippen molar-refractivity contribution >= 4 is 5.84 Å². The van der Waals surface area contributed by atoms with E-state index in [4.69, 9.17) is 19.9 Å². The molecule has 1 saturated carbocycles. The van der Waals surface area contributed by atoms with Crippen molar-refractivity contribution in [2.45, 2.75) is 11.8 Å². The van der Waals surface area contributed by atoms with Gasteiger partial charge in [-0.2, -0.15) is 10.5 Å². The van der Waals surface area contributed by atoms with Crippen LogP contribution in [-0.2, 0) is 9.47 Å². The van der Waals surface area contributed by atoms with Gasteiger partial charge in [0.05, 0.1) is 19.2 Å². The van der Waals surface area contributed by atoms with Gasteiger partial charge in [-0.3, -0.25) is 5.73 Å². The van der Waals surface area contributed by atoms with Gasteiger partial charge in [-0.05, 0) is 17.7 Å². The summed E-state index contributed by atoms with van der Waals surface area (Å²) in [7, 11) is 4.41. The lowest BCUT2D eigenvalue weighted by Gasteiger charge is -2.26. The second-order valence-corrected chi connectivity index (χ2v) is 5.61. The van der Waals surface area contributed by atoms with Crippen LogP contribution in [0.5, 0.6) is 5.75 Å². The molecule has 23 heavy (non-hydrogen) atoms. The zero-order valence-electron chi connectivity index (χ0n) is 13.1. The molecule has 3 unspecified atom stereocenters. The second-order valence-electron chi connectivity index (χ2n) is 5.61. The largest absolute Gasteiger partial charge is 0.497 e. The summed E-state index contributed by atoms with van der Waals surface area (Å²) in [5.41, 5.74) is 4.41. The Balaban J connectivity index is 2.18. The van der Waals surface area contributed by atoms with Crippen molar-refractivity contribution in [2.24, 2.45) is 16.6 Å². The van der Waals surface area contributed by atoms with E-state index in [-0.39, 0.29) is 5.84 Å². The Morgan fingerprint density at radius 3 is 2.13 bits per heavy atom. The Hall–Kier alpha value is -2.61.